The van der Waals surface area contributed by atoms with Gasteiger partial charge in [-0.1, -0.05) is 41.7 Å². The summed E-state index contributed by atoms with van der Waals surface area (Å²) < 4.78 is 1.92. The van der Waals surface area contributed by atoms with Crippen molar-refractivity contribution in [3.05, 3.63) is 44.7 Å². The first-order chi connectivity index (χ1) is 9.56. The van der Waals surface area contributed by atoms with Gasteiger partial charge < -0.3 is 5.32 Å². The van der Waals surface area contributed by atoms with Gasteiger partial charge in [-0.15, -0.1) is 0 Å². The normalized spacial score (nSPS) is 10.8. The molecule has 0 spiro atoms. The smallest absolute Gasteiger partial charge is 0.0868 e. The molecule has 0 radical (unpaired) electrons. The number of nitrogens with zero attached hydrogens (tertiary/aromatic N) is 2. The number of halogens is 3. The Kier molecular flexibility index (Phi) is 5.19. The summed E-state index contributed by atoms with van der Waals surface area (Å²) in [6.07, 6.45) is 0.825. The van der Waals surface area contributed by atoms with Crippen molar-refractivity contribution in [3.8, 4) is 0 Å². The predicted molar refractivity (Wildman–Crippen MR) is 86.1 cm³/mol. The maximum Gasteiger partial charge on any atom is 0.0868 e. The molecular formula is C14H16Cl3N3. The van der Waals surface area contributed by atoms with E-state index in [0.29, 0.717) is 16.6 Å². The Hall–Kier alpha value is -0.900. The van der Waals surface area contributed by atoms with Crippen LogP contribution >= 0.6 is 34.8 Å². The van der Waals surface area contributed by atoms with E-state index in [1.807, 2.05) is 24.6 Å². The van der Waals surface area contributed by atoms with Gasteiger partial charge >= 0.3 is 0 Å². The molecule has 0 aliphatic heterocycles. The minimum Gasteiger partial charge on any atom is -0.379 e. The number of rotatable bonds is 5. The monoisotopic (exact) mass is 331 g/mol. The maximum atomic E-state index is 6.36. The Morgan fingerprint density at radius 2 is 1.90 bits per heavy atom. The van der Waals surface area contributed by atoms with Gasteiger partial charge in [0.25, 0.3) is 0 Å². The second-order valence-corrected chi connectivity index (χ2v) is 5.55. The van der Waals surface area contributed by atoms with Crippen LogP contribution in [0, 0.1) is 0 Å². The molecule has 3 nitrogen and oxygen atoms in total. The van der Waals surface area contributed by atoms with Crippen molar-refractivity contribution in [1.29, 1.82) is 0 Å². The molecule has 0 aliphatic carbocycles. The molecule has 108 valence electrons. The fraction of sp³-hybridized carbons (Fsp3) is 0.357. The molecule has 6 heteroatoms. The number of benzene rings is 1. The summed E-state index contributed by atoms with van der Waals surface area (Å²) >= 11 is 18.3. The molecule has 0 amide bonds. The molecule has 20 heavy (non-hydrogen) atoms. The average molecular weight is 333 g/mol. The third-order valence-electron chi connectivity index (χ3n) is 3.07. The van der Waals surface area contributed by atoms with E-state index in [1.54, 1.807) is 12.1 Å². The molecular weight excluding hydrogens is 317 g/mol. The van der Waals surface area contributed by atoms with E-state index in [2.05, 4.69) is 10.4 Å². The fourth-order valence-corrected chi connectivity index (χ4v) is 2.61. The largest absolute Gasteiger partial charge is 0.379 e. The Labute approximate surface area is 133 Å². The average Bonchev–Trinajstić information content (AvgIpc) is 2.76. The van der Waals surface area contributed by atoms with Gasteiger partial charge in [-0.3, -0.25) is 4.68 Å². The van der Waals surface area contributed by atoms with Gasteiger partial charge in [0.2, 0.25) is 0 Å². The molecule has 1 aromatic heterocycles. The van der Waals surface area contributed by atoms with Crippen LogP contribution in [0.3, 0.4) is 0 Å². The number of aromatic nitrogens is 2. The quantitative estimate of drug-likeness (QED) is 0.831. The van der Waals surface area contributed by atoms with Crippen LogP contribution in [0.2, 0.25) is 15.1 Å². The number of aryl methyl sites for hydroxylation is 2. The summed E-state index contributed by atoms with van der Waals surface area (Å²) in [6, 6.07) is 5.45. The highest BCUT2D eigenvalue weighted by Gasteiger charge is 2.13. The van der Waals surface area contributed by atoms with Crippen LogP contribution in [-0.4, -0.2) is 9.78 Å². The highest BCUT2D eigenvalue weighted by atomic mass is 35.5. The Bertz CT molecular complexity index is 608. The third kappa shape index (κ3) is 3.22. The van der Waals surface area contributed by atoms with Gasteiger partial charge in [0.15, 0.2) is 0 Å². The van der Waals surface area contributed by atoms with Gasteiger partial charge in [0.05, 0.1) is 33.0 Å². The zero-order valence-electron chi connectivity index (χ0n) is 11.4. The van der Waals surface area contributed by atoms with Crippen molar-refractivity contribution in [1.82, 2.24) is 9.78 Å². The Morgan fingerprint density at radius 1 is 1.15 bits per heavy atom. The number of hydrogen-bond donors (Lipinski definition) is 1. The minimum absolute atomic E-state index is 0.529. The molecule has 1 heterocycles. The number of anilines is 1. The molecule has 0 bridgehead atoms. The van der Waals surface area contributed by atoms with Crippen LogP contribution in [-0.2, 0) is 19.5 Å². The van der Waals surface area contributed by atoms with Crippen LogP contribution in [0.1, 0.15) is 25.2 Å². The molecule has 0 unspecified atom stereocenters. The van der Waals surface area contributed by atoms with Gasteiger partial charge in [0, 0.05) is 12.2 Å². The lowest BCUT2D eigenvalue weighted by atomic mass is 10.2. The standard InChI is InChI=1S/C14H16Cl3N3/c1-3-12-14(17)13(20(4-2)19-12)8-18-9-5-6-10(15)11(16)7-9/h5-7,18H,3-4,8H2,1-2H3. The molecule has 0 atom stereocenters. The van der Waals surface area contributed by atoms with E-state index in [9.17, 15) is 0 Å². The fourth-order valence-electron chi connectivity index (χ4n) is 1.98. The SMILES string of the molecule is CCc1nn(CC)c(CNc2ccc(Cl)c(Cl)c2)c1Cl. The molecule has 0 fully saturated rings. The van der Waals surface area contributed by atoms with Crippen molar-refractivity contribution >= 4 is 40.5 Å². The lowest BCUT2D eigenvalue weighted by molar-refractivity contribution is 0.619. The zero-order chi connectivity index (χ0) is 14.7. The van der Waals surface area contributed by atoms with Crippen LogP contribution < -0.4 is 5.32 Å². The second kappa shape index (κ2) is 6.70. The highest BCUT2D eigenvalue weighted by Crippen LogP contribution is 2.26. The lowest BCUT2D eigenvalue weighted by Crippen LogP contribution is -2.08. The molecule has 0 saturated heterocycles. The van der Waals surface area contributed by atoms with Crippen LogP contribution in [0.25, 0.3) is 0 Å². The van der Waals surface area contributed by atoms with E-state index in [4.69, 9.17) is 34.8 Å². The van der Waals surface area contributed by atoms with E-state index < -0.39 is 0 Å². The minimum atomic E-state index is 0.529. The van der Waals surface area contributed by atoms with Crippen molar-refractivity contribution in [2.24, 2.45) is 0 Å². The molecule has 2 aromatic rings. The van der Waals surface area contributed by atoms with Gasteiger partial charge in [-0.25, -0.2) is 0 Å². The van der Waals surface area contributed by atoms with Crippen molar-refractivity contribution in [2.75, 3.05) is 5.32 Å². The van der Waals surface area contributed by atoms with Gasteiger partial charge in [-0.2, -0.15) is 5.10 Å². The summed E-state index contributed by atoms with van der Waals surface area (Å²) in [5.74, 6) is 0. The lowest BCUT2D eigenvalue weighted by Gasteiger charge is -2.09. The van der Waals surface area contributed by atoms with E-state index >= 15 is 0 Å². The molecule has 1 aromatic carbocycles. The van der Waals surface area contributed by atoms with Crippen LogP contribution in [0.15, 0.2) is 18.2 Å². The first-order valence-corrected chi connectivity index (χ1v) is 7.63. The zero-order valence-corrected chi connectivity index (χ0v) is 13.6. The number of nitrogens with one attached hydrogen (secondary N) is 1. The summed E-state index contributed by atoms with van der Waals surface area (Å²) in [5.41, 5.74) is 2.81. The maximum absolute atomic E-state index is 6.36. The summed E-state index contributed by atoms with van der Waals surface area (Å²) in [6.45, 7) is 5.48. The molecule has 2 rings (SSSR count). The molecule has 0 aliphatic rings. The Morgan fingerprint density at radius 3 is 2.50 bits per heavy atom. The topological polar surface area (TPSA) is 29.9 Å². The van der Waals surface area contributed by atoms with Gasteiger partial charge in [-0.05, 0) is 31.5 Å². The highest BCUT2D eigenvalue weighted by molar-refractivity contribution is 6.42. The summed E-state index contributed by atoms with van der Waals surface area (Å²) in [4.78, 5) is 0. The van der Waals surface area contributed by atoms with Crippen molar-refractivity contribution < 1.29 is 0 Å². The second-order valence-electron chi connectivity index (χ2n) is 4.36. The van der Waals surface area contributed by atoms with Crippen molar-refractivity contribution in [2.45, 2.75) is 33.4 Å². The van der Waals surface area contributed by atoms with Crippen molar-refractivity contribution in [3.63, 3.8) is 0 Å². The van der Waals surface area contributed by atoms with E-state index in [-0.39, 0.29) is 0 Å². The Balaban J connectivity index is 2.17. The third-order valence-corrected chi connectivity index (χ3v) is 4.25. The van der Waals surface area contributed by atoms with Crippen LogP contribution in [0.4, 0.5) is 5.69 Å². The first-order valence-electron chi connectivity index (χ1n) is 6.49. The van der Waals surface area contributed by atoms with E-state index in [1.165, 1.54) is 0 Å². The van der Waals surface area contributed by atoms with Crippen LogP contribution in [0.5, 0.6) is 0 Å². The van der Waals surface area contributed by atoms with Gasteiger partial charge in [0.1, 0.15) is 0 Å². The molecule has 1 N–H and O–H groups in total. The summed E-state index contributed by atoms with van der Waals surface area (Å²) in [7, 11) is 0. The number of hydrogen-bond acceptors (Lipinski definition) is 2. The van der Waals surface area contributed by atoms with E-state index in [0.717, 1.165) is 35.1 Å². The molecule has 0 saturated carbocycles. The first kappa shape index (κ1) is 15.5. The summed E-state index contributed by atoms with van der Waals surface area (Å²) in [5, 5.41) is 9.59. The predicted octanol–water partition coefficient (Wildman–Crippen LogP) is 5.04.